The van der Waals surface area contributed by atoms with Crippen molar-refractivity contribution in [2.45, 2.75) is 33.6 Å². The zero-order valence-corrected chi connectivity index (χ0v) is 21.6. The monoisotopic (exact) mass is 478 g/mol. The summed E-state index contributed by atoms with van der Waals surface area (Å²) in [6.07, 6.45) is 1.78. The molecule has 0 unspecified atom stereocenters. The smallest absolute Gasteiger partial charge is 0.194 e. The molecular formula is C36H30O. The zero-order valence-electron chi connectivity index (χ0n) is 21.6. The first-order valence-electron chi connectivity index (χ1n) is 13.2. The minimum atomic E-state index is 0.140. The molecule has 0 heterocycles. The average molecular weight is 479 g/mol. The summed E-state index contributed by atoms with van der Waals surface area (Å²) < 4.78 is 0. The summed E-state index contributed by atoms with van der Waals surface area (Å²) in [7, 11) is 0. The van der Waals surface area contributed by atoms with Crippen LogP contribution in [0.1, 0.15) is 46.5 Å². The van der Waals surface area contributed by atoms with Crippen LogP contribution in [0.5, 0.6) is 0 Å². The van der Waals surface area contributed by atoms with E-state index in [1.165, 1.54) is 38.9 Å². The van der Waals surface area contributed by atoms with Crippen molar-refractivity contribution < 1.29 is 4.79 Å². The highest BCUT2D eigenvalue weighted by atomic mass is 16.1. The first kappa shape index (κ1) is 23.2. The van der Waals surface area contributed by atoms with Crippen LogP contribution in [0.3, 0.4) is 0 Å². The van der Waals surface area contributed by atoms with E-state index in [2.05, 4.69) is 99.6 Å². The average Bonchev–Trinajstić information content (AvgIpc) is 3.25. The molecule has 180 valence electrons. The van der Waals surface area contributed by atoms with Crippen LogP contribution in [0.25, 0.3) is 44.5 Å². The first-order valence-corrected chi connectivity index (χ1v) is 13.2. The van der Waals surface area contributed by atoms with E-state index in [0.717, 1.165) is 46.2 Å². The van der Waals surface area contributed by atoms with Crippen LogP contribution in [0.2, 0.25) is 0 Å². The molecule has 0 radical (unpaired) electrons. The highest BCUT2D eigenvalue weighted by Crippen LogP contribution is 2.51. The molecule has 5 aromatic carbocycles. The van der Waals surface area contributed by atoms with Gasteiger partial charge in [-0.25, -0.2) is 0 Å². The third-order valence-electron chi connectivity index (χ3n) is 7.71. The lowest BCUT2D eigenvalue weighted by Crippen LogP contribution is -2.07. The normalized spacial score (nSPS) is 11.9. The lowest BCUT2D eigenvalue weighted by molar-refractivity contribution is 0.104. The Bertz CT molecular complexity index is 1620. The summed E-state index contributed by atoms with van der Waals surface area (Å²) in [6, 6.07) is 36.1. The molecule has 0 fully saturated rings. The summed E-state index contributed by atoms with van der Waals surface area (Å²) >= 11 is 0. The highest BCUT2D eigenvalue weighted by molar-refractivity contribution is 6.27. The molecular weight excluding hydrogens is 448 g/mol. The number of aryl methyl sites for hydroxylation is 1. The van der Waals surface area contributed by atoms with Gasteiger partial charge in [0.05, 0.1) is 0 Å². The van der Waals surface area contributed by atoms with Gasteiger partial charge in [-0.15, -0.1) is 0 Å². The fourth-order valence-electron chi connectivity index (χ4n) is 5.98. The van der Waals surface area contributed by atoms with Gasteiger partial charge in [0.1, 0.15) is 0 Å². The largest absolute Gasteiger partial charge is 0.289 e. The highest BCUT2D eigenvalue weighted by Gasteiger charge is 2.35. The molecule has 6 rings (SSSR count). The number of benzene rings is 5. The van der Waals surface area contributed by atoms with E-state index < -0.39 is 0 Å². The molecule has 0 atom stereocenters. The van der Waals surface area contributed by atoms with Crippen molar-refractivity contribution in [3.8, 4) is 44.5 Å². The molecule has 0 N–H and O–H groups in total. The molecule has 1 aliphatic carbocycles. The van der Waals surface area contributed by atoms with Crippen molar-refractivity contribution in [1.29, 1.82) is 0 Å². The minimum Gasteiger partial charge on any atom is -0.289 e. The lowest BCUT2D eigenvalue weighted by Gasteiger charge is -2.23. The van der Waals surface area contributed by atoms with E-state index in [-0.39, 0.29) is 5.78 Å². The summed E-state index contributed by atoms with van der Waals surface area (Å²) in [5, 5.41) is 0. The van der Waals surface area contributed by atoms with Gasteiger partial charge >= 0.3 is 0 Å². The van der Waals surface area contributed by atoms with Crippen molar-refractivity contribution in [2.24, 2.45) is 0 Å². The van der Waals surface area contributed by atoms with Crippen LogP contribution in [0.15, 0.2) is 103 Å². The van der Waals surface area contributed by atoms with Crippen LogP contribution in [0, 0.1) is 6.92 Å². The van der Waals surface area contributed by atoms with Crippen molar-refractivity contribution in [1.82, 2.24) is 0 Å². The van der Waals surface area contributed by atoms with Gasteiger partial charge in [0.2, 0.25) is 0 Å². The van der Waals surface area contributed by atoms with E-state index in [1.54, 1.807) is 0 Å². The van der Waals surface area contributed by atoms with E-state index in [1.807, 2.05) is 24.3 Å². The van der Waals surface area contributed by atoms with Crippen molar-refractivity contribution in [3.05, 3.63) is 131 Å². The van der Waals surface area contributed by atoms with Gasteiger partial charge in [0, 0.05) is 16.7 Å². The van der Waals surface area contributed by atoms with E-state index >= 15 is 0 Å². The summed E-state index contributed by atoms with van der Waals surface area (Å²) in [6.45, 7) is 6.56. The molecule has 0 aliphatic heterocycles. The Morgan fingerprint density at radius 2 is 0.919 bits per heavy atom. The molecule has 0 amide bonds. The van der Waals surface area contributed by atoms with Gasteiger partial charge in [-0.1, -0.05) is 123 Å². The van der Waals surface area contributed by atoms with E-state index in [0.29, 0.717) is 0 Å². The van der Waals surface area contributed by atoms with Gasteiger partial charge in [-0.05, 0) is 69.8 Å². The standard InChI is InChI=1S/C36H30O/c1-4-28-29(5-2)33(26-17-15-23(3)16-18-26)35-34(30-13-9-10-14-31(30)36(35)37)32(28)27-21-19-25(20-22-27)24-11-7-6-8-12-24/h6-22H,4-5H2,1-3H3. The number of hydrogen-bond acceptors (Lipinski definition) is 1. The molecule has 5 aromatic rings. The Labute approximate surface area is 219 Å². The minimum absolute atomic E-state index is 0.140. The van der Waals surface area contributed by atoms with Gasteiger partial charge in [0.25, 0.3) is 0 Å². The molecule has 37 heavy (non-hydrogen) atoms. The quantitative estimate of drug-likeness (QED) is 0.241. The molecule has 0 aromatic heterocycles. The Morgan fingerprint density at radius 1 is 0.459 bits per heavy atom. The van der Waals surface area contributed by atoms with E-state index in [9.17, 15) is 4.79 Å². The Hall–Kier alpha value is -4.23. The fraction of sp³-hybridized carbons (Fsp3) is 0.139. The van der Waals surface area contributed by atoms with E-state index in [4.69, 9.17) is 0 Å². The Morgan fingerprint density at radius 3 is 1.51 bits per heavy atom. The molecule has 0 bridgehead atoms. The van der Waals surface area contributed by atoms with Crippen LogP contribution < -0.4 is 0 Å². The number of carbonyl (C=O) groups excluding carboxylic acids is 1. The predicted octanol–water partition coefficient (Wildman–Crippen LogP) is 9.33. The maximum atomic E-state index is 14.0. The second-order valence-electron chi connectivity index (χ2n) is 9.85. The lowest BCUT2D eigenvalue weighted by atomic mass is 9.79. The van der Waals surface area contributed by atoms with Crippen LogP contribution in [0.4, 0.5) is 0 Å². The number of ketones is 1. The Kier molecular flexibility index (Phi) is 5.85. The van der Waals surface area contributed by atoms with Gasteiger partial charge in [0.15, 0.2) is 5.78 Å². The topological polar surface area (TPSA) is 17.1 Å². The molecule has 0 spiro atoms. The number of carbonyl (C=O) groups is 1. The molecule has 0 saturated carbocycles. The first-order chi connectivity index (χ1) is 18.1. The molecule has 1 nitrogen and oxygen atoms in total. The van der Waals surface area contributed by atoms with Gasteiger partial charge in [-0.3, -0.25) is 4.79 Å². The van der Waals surface area contributed by atoms with Crippen molar-refractivity contribution in [2.75, 3.05) is 0 Å². The third-order valence-corrected chi connectivity index (χ3v) is 7.71. The Balaban J connectivity index is 1.68. The number of fused-ring (bicyclic) bond motifs is 3. The molecule has 0 saturated heterocycles. The second kappa shape index (κ2) is 9.33. The van der Waals surface area contributed by atoms with Gasteiger partial charge in [-0.2, -0.15) is 0 Å². The maximum Gasteiger partial charge on any atom is 0.194 e. The SMILES string of the molecule is CCc1c(CC)c(-c2ccc(-c3ccccc3)cc2)c2c(c1-c1ccc(C)cc1)C(=O)c1ccccc1-2. The molecule has 1 heteroatoms. The van der Waals surface area contributed by atoms with Crippen LogP contribution >= 0.6 is 0 Å². The summed E-state index contributed by atoms with van der Waals surface area (Å²) in [5.41, 5.74) is 14.7. The molecule has 1 aliphatic rings. The summed E-state index contributed by atoms with van der Waals surface area (Å²) in [4.78, 5) is 14.0. The van der Waals surface area contributed by atoms with Gasteiger partial charge < -0.3 is 0 Å². The van der Waals surface area contributed by atoms with Crippen LogP contribution in [-0.4, -0.2) is 5.78 Å². The van der Waals surface area contributed by atoms with Crippen molar-refractivity contribution >= 4 is 5.78 Å². The van der Waals surface area contributed by atoms with Crippen molar-refractivity contribution in [3.63, 3.8) is 0 Å². The second-order valence-corrected chi connectivity index (χ2v) is 9.85. The zero-order chi connectivity index (χ0) is 25.5. The van der Waals surface area contributed by atoms with Crippen LogP contribution in [-0.2, 0) is 12.8 Å². The number of rotatable bonds is 5. The predicted molar refractivity (Wildman–Crippen MR) is 155 cm³/mol. The summed E-state index contributed by atoms with van der Waals surface area (Å²) in [5.74, 6) is 0.140. The maximum absolute atomic E-state index is 14.0. The fourth-order valence-corrected chi connectivity index (χ4v) is 5.98. The third kappa shape index (κ3) is 3.74. The number of hydrogen-bond donors (Lipinski definition) is 0.